The van der Waals surface area contributed by atoms with Crippen molar-refractivity contribution in [1.29, 1.82) is 0 Å². The highest BCUT2D eigenvalue weighted by atomic mass is 32.2. The van der Waals surface area contributed by atoms with E-state index in [2.05, 4.69) is 4.72 Å². The molecule has 19 heavy (non-hydrogen) atoms. The third-order valence-corrected chi connectivity index (χ3v) is 6.73. The van der Waals surface area contributed by atoms with Gasteiger partial charge in [0.1, 0.15) is 4.21 Å². The summed E-state index contributed by atoms with van der Waals surface area (Å²) >= 11 is 1.29. The highest BCUT2D eigenvalue weighted by Gasteiger charge is 2.26. The van der Waals surface area contributed by atoms with Gasteiger partial charge in [-0.15, -0.1) is 11.3 Å². The summed E-state index contributed by atoms with van der Waals surface area (Å²) in [6.07, 6.45) is 4.26. The maximum atomic E-state index is 12.1. The van der Waals surface area contributed by atoms with E-state index in [1.165, 1.54) is 11.3 Å². The van der Waals surface area contributed by atoms with E-state index in [0.717, 1.165) is 30.6 Å². The quantitative estimate of drug-likeness (QED) is 0.876. The highest BCUT2D eigenvalue weighted by molar-refractivity contribution is 7.91. The smallest absolute Gasteiger partial charge is 0.250 e. The summed E-state index contributed by atoms with van der Waals surface area (Å²) in [5.41, 5.74) is 0. The summed E-state index contributed by atoms with van der Waals surface area (Å²) in [5, 5.41) is 9.34. The Hall–Kier alpha value is -0.430. The molecule has 108 valence electrons. The van der Waals surface area contributed by atoms with Gasteiger partial charge in [0.25, 0.3) is 0 Å². The van der Waals surface area contributed by atoms with Gasteiger partial charge < -0.3 is 5.11 Å². The number of sulfonamides is 1. The summed E-state index contributed by atoms with van der Waals surface area (Å²) in [6, 6.07) is 3.46. The van der Waals surface area contributed by atoms with Gasteiger partial charge in [-0.2, -0.15) is 0 Å². The second-order valence-electron chi connectivity index (χ2n) is 5.20. The summed E-state index contributed by atoms with van der Waals surface area (Å²) in [7, 11) is -3.38. The van der Waals surface area contributed by atoms with Crippen LogP contribution >= 0.6 is 11.3 Å². The molecule has 2 atom stereocenters. The molecule has 4 nitrogen and oxygen atoms in total. The van der Waals surface area contributed by atoms with Crippen molar-refractivity contribution in [3.63, 3.8) is 0 Å². The third kappa shape index (κ3) is 3.78. The number of rotatable bonds is 5. The van der Waals surface area contributed by atoms with Gasteiger partial charge in [0.15, 0.2) is 0 Å². The minimum Gasteiger partial charge on any atom is -0.396 e. The van der Waals surface area contributed by atoms with Crippen molar-refractivity contribution >= 4 is 21.4 Å². The molecule has 1 saturated carbocycles. The first-order valence-corrected chi connectivity index (χ1v) is 9.00. The van der Waals surface area contributed by atoms with Gasteiger partial charge in [-0.3, -0.25) is 0 Å². The lowest BCUT2D eigenvalue weighted by Gasteiger charge is -2.30. The fourth-order valence-corrected chi connectivity index (χ4v) is 5.06. The predicted molar refractivity (Wildman–Crippen MR) is 76.8 cm³/mol. The van der Waals surface area contributed by atoms with Crippen molar-refractivity contribution in [2.75, 3.05) is 13.2 Å². The number of aliphatic hydroxyl groups is 1. The van der Waals surface area contributed by atoms with Gasteiger partial charge in [-0.1, -0.05) is 12.8 Å². The lowest BCUT2D eigenvalue weighted by molar-refractivity contribution is 0.136. The Morgan fingerprint density at radius 2 is 2.00 bits per heavy atom. The monoisotopic (exact) mass is 303 g/mol. The Balaban J connectivity index is 1.97. The number of hydrogen-bond donors (Lipinski definition) is 2. The lowest BCUT2D eigenvalue weighted by atomic mass is 9.80. The molecule has 6 heteroatoms. The summed E-state index contributed by atoms with van der Waals surface area (Å²) in [4.78, 5) is 0.992. The first-order valence-electron chi connectivity index (χ1n) is 6.70. The molecular formula is C13H21NO3S2. The van der Waals surface area contributed by atoms with Gasteiger partial charge in [0, 0.05) is 18.0 Å². The number of thiophene rings is 1. The van der Waals surface area contributed by atoms with Crippen molar-refractivity contribution in [1.82, 2.24) is 4.72 Å². The first-order chi connectivity index (χ1) is 9.03. The van der Waals surface area contributed by atoms with Crippen LogP contribution in [0.4, 0.5) is 0 Å². The Morgan fingerprint density at radius 1 is 1.32 bits per heavy atom. The van der Waals surface area contributed by atoms with Crippen molar-refractivity contribution in [2.24, 2.45) is 11.8 Å². The zero-order valence-electron chi connectivity index (χ0n) is 11.1. The number of aliphatic hydroxyl groups excluding tert-OH is 1. The molecule has 2 rings (SSSR count). The minimum absolute atomic E-state index is 0.157. The van der Waals surface area contributed by atoms with Crippen LogP contribution in [0.3, 0.4) is 0 Å². The van der Waals surface area contributed by atoms with Crippen molar-refractivity contribution in [3.05, 3.63) is 17.0 Å². The Bertz CT molecular complexity index is 510. The topological polar surface area (TPSA) is 66.4 Å². The zero-order chi connectivity index (χ0) is 13.9. The van der Waals surface area contributed by atoms with Gasteiger partial charge in [-0.25, -0.2) is 13.1 Å². The maximum Gasteiger partial charge on any atom is 0.250 e. The van der Waals surface area contributed by atoms with E-state index in [1.807, 2.05) is 13.0 Å². The van der Waals surface area contributed by atoms with Crippen LogP contribution in [-0.4, -0.2) is 26.7 Å². The van der Waals surface area contributed by atoms with Crippen LogP contribution in [0, 0.1) is 18.8 Å². The molecule has 0 saturated heterocycles. The summed E-state index contributed by atoms with van der Waals surface area (Å²) in [6.45, 7) is 2.49. The molecule has 1 aromatic heterocycles. The second-order valence-corrected chi connectivity index (χ2v) is 8.49. The van der Waals surface area contributed by atoms with E-state index in [0.29, 0.717) is 10.8 Å². The summed E-state index contributed by atoms with van der Waals surface area (Å²) < 4.78 is 27.3. The molecule has 0 radical (unpaired) electrons. The lowest BCUT2D eigenvalue weighted by Crippen LogP contribution is -2.35. The Morgan fingerprint density at radius 3 is 2.58 bits per heavy atom. The molecule has 0 aliphatic heterocycles. The number of hydrogen-bond acceptors (Lipinski definition) is 4. The SMILES string of the molecule is Cc1ccc(S(=O)(=O)NCC2CCCCC2CO)s1. The van der Waals surface area contributed by atoms with Gasteiger partial charge in [0.2, 0.25) is 10.0 Å². The Labute approximate surface area is 118 Å². The van der Waals surface area contributed by atoms with E-state index in [-0.39, 0.29) is 18.4 Å². The fourth-order valence-electron chi connectivity index (χ4n) is 2.64. The van der Waals surface area contributed by atoms with Crippen LogP contribution in [0.25, 0.3) is 0 Å². The van der Waals surface area contributed by atoms with Crippen LogP contribution in [0.1, 0.15) is 30.6 Å². The van der Waals surface area contributed by atoms with Crippen LogP contribution in [0.5, 0.6) is 0 Å². The molecule has 1 aliphatic carbocycles. The van der Waals surface area contributed by atoms with Crippen LogP contribution in [-0.2, 0) is 10.0 Å². The van der Waals surface area contributed by atoms with E-state index in [4.69, 9.17) is 0 Å². The van der Waals surface area contributed by atoms with Gasteiger partial charge >= 0.3 is 0 Å². The molecule has 1 aliphatic rings. The molecule has 1 aromatic rings. The third-order valence-electron chi connectivity index (χ3n) is 3.82. The summed E-state index contributed by atoms with van der Waals surface area (Å²) in [5.74, 6) is 0.496. The molecule has 2 unspecified atom stereocenters. The van der Waals surface area contributed by atoms with E-state index in [9.17, 15) is 13.5 Å². The largest absolute Gasteiger partial charge is 0.396 e. The van der Waals surface area contributed by atoms with E-state index < -0.39 is 10.0 Å². The highest BCUT2D eigenvalue weighted by Crippen LogP contribution is 2.29. The number of aryl methyl sites for hydroxylation is 1. The minimum atomic E-state index is -3.38. The van der Waals surface area contributed by atoms with Crippen molar-refractivity contribution in [3.8, 4) is 0 Å². The zero-order valence-corrected chi connectivity index (χ0v) is 12.8. The molecule has 0 bridgehead atoms. The van der Waals surface area contributed by atoms with E-state index >= 15 is 0 Å². The fraction of sp³-hybridized carbons (Fsp3) is 0.692. The molecule has 0 spiro atoms. The van der Waals surface area contributed by atoms with Crippen LogP contribution in [0.2, 0.25) is 0 Å². The normalized spacial score (nSPS) is 24.5. The molecule has 0 aromatic carbocycles. The van der Waals surface area contributed by atoms with Crippen molar-refractivity contribution in [2.45, 2.75) is 36.8 Å². The Kier molecular flexibility index (Phi) is 5.00. The van der Waals surface area contributed by atoms with Crippen LogP contribution in [0.15, 0.2) is 16.3 Å². The molecule has 2 N–H and O–H groups in total. The average molecular weight is 303 g/mol. The second kappa shape index (κ2) is 6.35. The standard InChI is InChI=1S/C13H21NO3S2/c1-10-6-7-13(18-10)19(16,17)14-8-11-4-2-3-5-12(11)9-15/h6-7,11-12,14-15H,2-5,8-9H2,1H3. The van der Waals surface area contributed by atoms with Gasteiger partial charge in [0.05, 0.1) is 0 Å². The average Bonchev–Trinajstić information content (AvgIpc) is 2.84. The molecule has 0 amide bonds. The molecule has 1 heterocycles. The maximum absolute atomic E-state index is 12.1. The van der Waals surface area contributed by atoms with Crippen LogP contribution < -0.4 is 4.72 Å². The molecular weight excluding hydrogens is 282 g/mol. The predicted octanol–water partition coefficient (Wildman–Crippen LogP) is 2.13. The molecule has 1 fully saturated rings. The van der Waals surface area contributed by atoms with E-state index in [1.54, 1.807) is 6.07 Å². The first kappa shape index (κ1) is 15.0. The van der Waals surface area contributed by atoms with Crippen molar-refractivity contribution < 1.29 is 13.5 Å². The van der Waals surface area contributed by atoms with Gasteiger partial charge in [-0.05, 0) is 43.7 Å². The number of nitrogens with one attached hydrogen (secondary N) is 1.